The van der Waals surface area contributed by atoms with Crippen molar-refractivity contribution in [2.45, 2.75) is 24.9 Å². The Labute approximate surface area is 142 Å². The van der Waals surface area contributed by atoms with Crippen LogP contribution >= 0.6 is 0 Å². The van der Waals surface area contributed by atoms with Crippen LogP contribution in [0.25, 0.3) is 0 Å². The van der Waals surface area contributed by atoms with Gasteiger partial charge in [-0.2, -0.15) is 0 Å². The summed E-state index contributed by atoms with van der Waals surface area (Å²) in [5, 5.41) is 2.85. The summed E-state index contributed by atoms with van der Waals surface area (Å²) in [6.45, 7) is 2.65. The van der Waals surface area contributed by atoms with Crippen molar-refractivity contribution in [1.82, 2.24) is 10.2 Å². The number of nitrogens with one attached hydrogen (secondary N) is 1. The van der Waals surface area contributed by atoms with Crippen LogP contribution in [0.2, 0.25) is 0 Å². The molecule has 0 fully saturated rings. The van der Waals surface area contributed by atoms with Gasteiger partial charge >= 0.3 is 6.09 Å². The van der Waals surface area contributed by atoms with Gasteiger partial charge < -0.3 is 14.8 Å². The molecule has 130 valence electrons. The third kappa shape index (κ3) is 3.59. The van der Waals surface area contributed by atoms with E-state index in [-0.39, 0.29) is 11.9 Å². The summed E-state index contributed by atoms with van der Waals surface area (Å²) in [4.78, 5) is 26.8. The minimum Gasteiger partial charge on any atom is -0.453 e. The second-order valence-corrected chi connectivity index (χ2v) is 5.78. The molecule has 0 bridgehead atoms. The normalized spacial score (nSPS) is 22.5. The van der Waals surface area contributed by atoms with Crippen molar-refractivity contribution >= 4 is 12.0 Å². The molecule has 0 aliphatic carbocycles. The van der Waals surface area contributed by atoms with Gasteiger partial charge in [0.25, 0.3) is 5.91 Å². The number of ether oxygens (including phenoxy) is 2. The summed E-state index contributed by atoms with van der Waals surface area (Å²) in [6.07, 6.45) is 3.51. The molecule has 0 aromatic heterocycles. The number of carbonyl (C=O) groups excluding carboxylic acids is 2. The minimum absolute atomic E-state index is 0.227. The van der Waals surface area contributed by atoms with Crippen molar-refractivity contribution in [3.8, 4) is 0 Å². The van der Waals surface area contributed by atoms with Crippen LogP contribution in [0.3, 0.4) is 0 Å². The van der Waals surface area contributed by atoms with E-state index >= 15 is 0 Å². The highest BCUT2D eigenvalue weighted by Crippen LogP contribution is 2.32. The molecule has 24 heavy (non-hydrogen) atoms. The summed E-state index contributed by atoms with van der Waals surface area (Å²) in [7, 11) is 2.90. The van der Waals surface area contributed by atoms with Crippen molar-refractivity contribution in [3.63, 3.8) is 0 Å². The Morgan fingerprint density at radius 2 is 1.96 bits per heavy atom. The van der Waals surface area contributed by atoms with Gasteiger partial charge in [0.1, 0.15) is 5.54 Å². The molecule has 1 aliphatic rings. The predicted octanol–water partition coefficient (Wildman–Crippen LogP) is 1.76. The lowest BCUT2D eigenvalue weighted by atomic mass is 9.89. The second kappa shape index (κ2) is 7.97. The van der Waals surface area contributed by atoms with Gasteiger partial charge in [0.2, 0.25) is 0 Å². The van der Waals surface area contributed by atoms with Crippen molar-refractivity contribution < 1.29 is 19.1 Å². The van der Waals surface area contributed by atoms with Crippen LogP contribution in [-0.4, -0.2) is 55.9 Å². The quantitative estimate of drug-likeness (QED) is 0.637. The van der Waals surface area contributed by atoms with E-state index < -0.39 is 11.6 Å². The SMILES string of the molecule is COCCNC(=O)[C@@]1(Cc2ccccc2)C=C[C@@H](C)N1C(=O)OC. The Morgan fingerprint density at radius 1 is 1.25 bits per heavy atom. The molecule has 1 heterocycles. The van der Waals surface area contributed by atoms with E-state index in [1.807, 2.05) is 43.3 Å². The van der Waals surface area contributed by atoms with E-state index in [9.17, 15) is 9.59 Å². The first-order valence-electron chi connectivity index (χ1n) is 7.93. The van der Waals surface area contributed by atoms with Gasteiger partial charge in [0.05, 0.1) is 19.8 Å². The van der Waals surface area contributed by atoms with E-state index in [0.29, 0.717) is 19.6 Å². The zero-order chi connectivity index (χ0) is 17.6. The standard InChI is InChI=1S/C18H24N2O4/c1-14-9-10-18(20(14)17(22)24-3,16(21)19-11-12-23-2)13-15-7-5-4-6-8-15/h4-10,14H,11-13H2,1-3H3,(H,19,21)/t14-,18+/m1/s1. The Bertz CT molecular complexity index is 602. The van der Waals surface area contributed by atoms with Crippen LogP contribution in [0.15, 0.2) is 42.5 Å². The first-order valence-corrected chi connectivity index (χ1v) is 7.93. The summed E-state index contributed by atoms with van der Waals surface area (Å²) < 4.78 is 9.90. The van der Waals surface area contributed by atoms with Gasteiger partial charge in [-0.05, 0) is 12.5 Å². The number of rotatable bonds is 6. The maximum absolute atomic E-state index is 13.0. The number of benzene rings is 1. The third-order valence-corrected chi connectivity index (χ3v) is 4.16. The highest BCUT2D eigenvalue weighted by atomic mass is 16.5. The van der Waals surface area contributed by atoms with E-state index in [4.69, 9.17) is 9.47 Å². The van der Waals surface area contributed by atoms with Gasteiger partial charge in [0, 0.05) is 20.1 Å². The maximum atomic E-state index is 13.0. The Morgan fingerprint density at radius 3 is 2.58 bits per heavy atom. The van der Waals surface area contributed by atoms with Crippen LogP contribution in [0.4, 0.5) is 4.79 Å². The molecule has 1 aromatic rings. The average molecular weight is 332 g/mol. The van der Waals surface area contributed by atoms with Gasteiger partial charge in [0.15, 0.2) is 0 Å². The zero-order valence-corrected chi connectivity index (χ0v) is 14.3. The zero-order valence-electron chi connectivity index (χ0n) is 14.3. The Hall–Kier alpha value is -2.34. The second-order valence-electron chi connectivity index (χ2n) is 5.78. The van der Waals surface area contributed by atoms with Crippen molar-refractivity contribution in [2.75, 3.05) is 27.4 Å². The lowest BCUT2D eigenvalue weighted by Crippen LogP contribution is -2.60. The van der Waals surface area contributed by atoms with E-state index in [0.717, 1.165) is 5.56 Å². The molecule has 2 rings (SSSR count). The van der Waals surface area contributed by atoms with Crippen LogP contribution in [0, 0.1) is 0 Å². The van der Waals surface area contributed by atoms with E-state index in [1.165, 1.54) is 12.0 Å². The van der Waals surface area contributed by atoms with Crippen molar-refractivity contribution in [2.24, 2.45) is 0 Å². The molecule has 2 atom stereocenters. The molecule has 0 radical (unpaired) electrons. The van der Waals surface area contributed by atoms with E-state index in [2.05, 4.69) is 5.32 Å². The highest BCUT2D eigenvalue weighted by molar-refractivity contribution is 5.93. The van der Waals surface area contributed by atoms with Crippen LogP contribution in [-0.2, 0) is 20.7 Å². The molecule has 0 saturated carbocycles. The number of hydrogen-bond acceptors (Lipinski definition) is 4. The molecule has 1 aliphatic heterocycles. The average Bonchev–Trinajstić information content (AvgIpc) is 2.93. The lowest BCUT2D eigenvalue weighted by Gasteiger charge is -2.38. The number of nitrogens with zero attached hydrogens (tertiary/aromatic N) is 1. The molecule has 0 spiro atoms. The highest BCUT2D eigenvalue weighted by Gasteiger charge is 2.50. The fraction of sp³-hybridized carbons (Fsp3) is 0.444. The first-order chi connectivity index (χ1) is 11.5. The smallest absolute Gasteiger partial charge is 0.411 e. The molecule has 0 saturated heterocycles. The molecule has 0 unspecified atom stereocenters. The molecular formula is C18H24N2O4. The monoisotopic (exact) mass is 332 g/mol. The molecule has 1 aromatic carbocycles. The summed E-state index contributed by atoms with van der Waals surface area (Å²) >= 11 is 0. The van der Waals surface area contributed by atoms with Crippen LogP contribution in [0.1, 0.15) is 12.5 Å². The van der Waals surface area contributed by atoms with Gasteiger partial charge in [-0.1, -0.05) is 42.5 Å². The third-order valence-electron chi connectivity index (χ3n) is 4.16. The number of methoxy groups -OCH3 is 2. The van der Waals surface area contributed by atoms with Crippen LogP contribution < -0.4 is 5.32 Å². The minimum atomic E-state index is -1.11. The Balaban J connectivity index is 2.35. The van der Waals surface area contributed by atoms with Crippen molar-refractivity contribution in [3.05, 3.63) is 48.0 Å². The van der Waals surface area contributed by atoms with Crippen LogP contribution in [0.5, 0.6) is 0 Å². The fourth-order valence-electron chi connectivity index (χ4n) is 2.99. The predicted molar refractivity (Wildman–Crippen MR) is 90.6 cm³/mol. The number of hydrogen-bond donors (Lipinski definition) is 1. The number of carbonyl (C=O) groups is 2. The maximum Gasteiger partial charge on any atom is 0.411 e. The first kappa shape index (κ1) is 18.0. The van der Waals surface area contributed by atoms with Gasteiger partial charge in [-0.3, -0.25) is 9.69 Å². The summed E-state index contributed by atoms with van der Waals surface area (Å²) in [6, 6.07) is 9.40. The molecule has 1 N–H and O–H groups in total. The molecule has 6 nitrogen and oxygen atoms in total. The number of amides is 2. The Kier molecular flexibility index (Phi) is 5.98. The molecule has 2 amide bonds. The molecule has 6 heteroatoms. The van der Waals surface area contributed by atoms with Gasteiger partial charge in [-0.25, -0.2) is 4.79 Å². The lowest BCUT2D eigenvalue weighted by molar-refractivity contribution is -0.130. The summed E-state index contributed by atoms with van der Waals surface area (Å²) in [5.41, 5.74) is -0.145. The van der Waals surface area contributed by atoms with E-state index in [1.54, 1.807) is 13.2 Å². The largest absolute Gasteiger partial charge is 0.453 e. The summed E-state index contributed by atoms with van der Waals surface area (Å²) in [5.74, 6) is -0.241. The topological polar surface area (TPSA) is 67.9 Å². The molecular weight excluding hydrogens is 308 g/mol. The van der Waals surface area contributed by atoms with Gasteiger partial charge in [-0.15, -0.1) is 0 Å². The fourth-order valence-corrected chi connectivity index (χ4v) is 2.99. The van der Waals surface area contributed by atoms with Crippen molar-refractivity contribution in [1.29, 1.82) is 0 Å².